The molecule has 4 aromatic rings. The molecule has 4 rings (SSSR count). The molecule has 0 aliphatic heterocycles. The van der Waals surface area contributed by atoms with Crippen molar-refractivity contribution in [3.63, 3.8) is 0 Å². The third-order valence-electron chi connectivity index (χ3n) is 6.56. The summed E-state index contributed by atoms with van der Waals surface area (Å²) >= 11 is 1.43. The Morgan fingerprint density at radius 1 is 0.714 bits per heavy atom. The first-order valence-electron chi connectivity index (χ1n) is 13.8. The van der Waals surface area contributed by atoms with Gasteiger partial charge in [-0.2, -0.15) is 0 Å². The molecule has 0 heterocycles. The van der Waals surface area contributed by atoms with E-state index in [1.165, 1.54) is 17.3 Å². The Bertz CT molecular complexity index is 1550. The second kappa shape index (κ2) is 14.3. The van der Waals surface area contributed by atoms with Gasteiger partial charge in [0, 0.05) is 21.8 Å². The van der Waals surface area contributed by atoms with Crippen molar-refractivity contribution in [2.24, 2.45) is 0 Å². The summed E-state index contributed by atoms with van der Waals surface area (Å²) in [6, 6.07) is 31.6. The molecule has 3 amide bonds. The SMILES string of the molecule is Cc1ccc(NC(=O)C(C)Sc2ccc(NC(=O)/C(=C/c3ccc(C(C)C)cc3)NC(=O)c3ccccc3)cc2)cc1. The van der Waals surface area contributed by atoms with Gasteiger partial charge in [0.1, 0.15) is 5.70 Å². The molecular formula is C35H35N3O3S. The average molecular weight is 578 g/mol. The van der Waals surface area contributed by atoms with Crippen LogP contribution in [-0.4, -0.2) is 23.0 Å². The number of hydrogen-bond donors (Lipinski definition) is 3. The zero-order chi connectivity index (χ0) is 30.1. The van der Waals surface area contributed by atoms with Crippen LogP contribution in [0, 0.1) is 6.92 Å². The summed E-state index contributed by atoms with van der Waals surface area (Å²) in [5, 5.41) is 8.27. The standard InChI is InChI=1S/C35H35N3O3S/c1-23(2)27-14-12-26(13-15-27)22-32(38-34(40)28-8-6-5-7-9-28)35(41)37-30-18-20-31(21-19-30)42-25(4)33(39)36-29-16-10-24(3)11-17-29/h5-23,25H,1-4H3,(H,36,39)(H,37,41)(H,38,40)/b32-22-. The smallest absolute Gasteiger partial charge is 0.272 e. The number of hydrogen-bond acceptors (Lipinski definition) is 4. The topological polar surface area (TPSA) is 87.3 Å². The molecule has 0 radical (unpaired) electrons. The minimum Gasteiger partial charge on any atom is -0.325 e. The highest BCUT2D eigenvalue weighted by Gasteiger charge is 2.17. The van der Waals surface area contributed by atoms with Gasteiger partial charge >= 0.3 is 0 Å². The van der Waals surface area contributed by atoms with Gasteiger partial charge in [0.05, 0.1) is 5.25 Å². The maximum Gasteiger partial charge on any atom is 0.272 e. The second-order valence-electron chi connectivity index (χ2n) is 10.3. The molecule has 3 N–H and O–H groups in total. The number of carbonyl (C=O) groups is 3. The predicted molar refractivity (Wildman–Crippen MR) is 173 cm³/mol. The molecule has 7 heteroatoms. The summed E-state index contributed by atoms with van der Waals surface area (Å²) in [6.45, 7) is 8.09. The van der Waals surface area contributed by atoms with Crippen molar-refractivity contribution < 1.29 is 14.4 Å². The van der Waals surface area contributed by atoms with E-state index < -0.39 is 5.91 Å². The van der Waals surface area contributed by atoms with Gasteiger partial charge < -0.3 is 16.0 Å². The maximum absolute atomic E-state index is 13.4. The molecule has 214 valence electrons. The summed E-state index contributed by atoms with van der Waals surface area (Å²) in [5.74, 6) is -0.527. The number of carbonyl (C=O) groups excluding carboxylic acids is 3. The van der Waals surface area contributed by atoms with E-state index in [0.717, 1.165) is 21.7 Å². The summed E-state index contributed by atoms with van der Waals surface area (Å²) < 4.78 is 0. The van der Waals surface area contributed by atoms with Crippen LogP contribution in [0.4, 0.5) is 11.4 Å². The molecule has 0 bridgehead atoms. The van der Waals surface area contributed by atoms with Crippen LogP contribution >= 0.6 is 11.8 Å². The monoisotopic (exact) mass is 577 g/mol. The van der Waals surface area contributed by atoms with Crippen molar-refractivity contribution in [3.05, 3.63) is 131 Å². The predicted octanol–water partition coefficient (Wildman–Crippen LogP) is 7.65. The first kappa shape index (κ1) is 30.3. The van der Waals surface area contributed by atoms with Gasteiger partial charge in [-0.05, 0) is 85.5 Å². The summed E-state index contributed by atoms with van der Waals surface area (Å²) in [4.78, 5) is 39.8. The van der Waals surface area contributed by atoms with Crippen molar-refractivity contribution in [2.75, 3.05) is 10.6 Å². The molecule has 42 heavy (non-hydrogen) atoms. The molecule has 0 aromatic heterocycles. The summed E-state index contributed by atoms with van der Waals surface area (Å²) in [5.41, 5.74) is 5.01. The maximum atomic E-state index is 13.4. The molecule has 0 spiro atoms. The molecule has 6 nitrogen and oxygen atoms in total. The van der Waals surface area contributed by atoms with Crippen molar-refractivity contribution in [1.29, 1.82) is 0 Å². The van der Waals surface area contributed by atoms with Crippen molar-refractivity contribution in [3.8, 4) is 0 Å². The van der Waals surface area contributed by atoms with Crippen molar-refractivity contribution >= 4 is 46.9 Å². The fourth-order valence-electron chi connectivity index (χ4n) is 4.04. The van der Waals surface area contributed by atoms with Gasteiger partial charge in [-0.25, -0.2) is 0 Å². The van der Waals surface area contributed by atoms with Gasteiger partial charge in [0.25, 0.3) is 11.8 Å². The van der Waals surface area contributed by atoms with Gasteiger partial charge in [-0.1, -0.05) is 74.0 Å². The lowest BCUT2D eigenvalue weighted by Crippen LogP contribution is -2.30. The van der Waals surface area contributed by atoms with E-state index in [9.17, 15) is 14.4 Å². The minimum absolute atomic E-state index is 0.0911. The highest BCUT2D eigenvalue weighted by molar-refractivity contribution is 8.00. The van der Waals surface area contributed by atoms with Crippen LogP contribution in [-0.2, 0) is 9.59 Å². The quantitative estimate of drug-likeness (QED) is 0.133. The normalized spacial score (nSPS) is 12.0. The third kappa shape index (κ3) is 8.69. The number of aryl methyl sites for hydroxylation is 1. The van der Waals surface area contributed by atoms with E-state index in [2.05, 4.69) is 29.8 Å². The number of benzene rings is 4. The lowest BCUT2D eigenvalue weighted by atomic mass is 10.0. The van der Waals surface area contributed by atoms with E-state index in [4.69, 9.17) is 0 Å². The highest BCUT2D eigenvalue weighted by Crippen LogP contribution is 2.26. The summed E-state index contributed by atoms with van der Waals surface area (Å²) in [6.07, 6.45) is 1.67. The number of nitrogens with one attached hydrogen (secondary N) is 3. The van der Waals surface area contributed by atoms with E-state index in [0.29, 0.717) is 17.2 Å². The number of thioether (sulfide) groups is 1. The Kier molecular flexibility index (Phi) is 10.3. The molecule has 0 saturated carbocycles. The van der Waals surface area contributed by atoms with E-state index in [1.807, 2.05) is 80.6 Å². The van der Waals surface area contributed by atoms with Crippen LogP contribution in [0.3, 0.4) is 0 Å². The van der Waals surface area contributed by atoms with E-state index in [-0.39, 0.29) is 22.8 Å². The lowest BCUT2D eigenvalue weighted by Gasteiger charge is -2.14. The van der Waals surface area contributed by atoms with Gasteiger partial charge in [-0.3, -0.25) is 14.4 Å². The lowest BCUT2D eigenvalue weighted by molar-refractivity contribution is -0.115. The van der Waals surface area contributed by atoms with Crippen LogP contribution in [0.5, 0.6) is 0 Å². The Labute approximate surface area is 251 Å². The largest absolute Gasteiger partial charge is 0.325 e. The molecule has 1 unspecified atom stereocenters. The molecule has 0 saturated heterocycles. The Hall–Kier alpha value is -4.62. The first-order chi connectivity index (χ1) is 20.2. The van der Waals surface area contributed by atoms with E-state index in [1.54, 1.807) is 42.5 Å². The van der Waals surface area contributed by atoms with Gasteiger partial charge in [-0.15, -0.1) is 11.8 Å². The highest BCUT2D eigenvalue weighted by atomic mass is 32.2. The van der Waals surface area contributed by atoms with Crippen molar-refractivity contribution in [1.82, 2.24) is 5.32 Å². The molecule has 0 fully saturated rings. The molecular weight excluding hydrogens is 542 g/mol. The van der Waals surface area contributed by atoms with Gasteiger partial charge in [0.15, 0.2) is 0 Å². The van der Waals surface area contributed by atoms with Crippen LogP contribution in [0.2, 0.25) is 0 Å². The van der Waals surface area contributed by atoms with Gasteiger partial charge in [0.2, 0.25) is 5.91 Å². The number of anilines is 2. The minimum atomic E-state index is -0.446. The Morgan fingerprint density at radius 2 is 1.31 bits per heavy atom. The molecule has 1 atom stereocenters. The zero-order valence-electron chi connectivity index (χ0n) is 24.2. The Balaban J connectivity index is 1.44. The number of amides is 3. The zero-order valence-corrected chi connectivity index (χ0v) is 25.0. The average Bonchev–Trinajstić information content (AvgIpc) is 2.99. The number of rotatable bonds is 10. The van der Waals surface area contributed by atoms with Crippen LogP contribution < -0.4 is 16.0 Å². The van der Waals surface area contributed by atoms with E-state index >= 15 is 0 Å². The molecule has 4 aromatic carbocycles. The first-order valence-corrected chi connectivity index (χ1v) is 14.7. The van der Waals surface area contributed by atoms with Crippen LogP contribution in [0.25, 0.3) is 6.08 Å². The van der Waals surface area contributed by atoms with Crippen LogP contribution in [0.1, 0.15) is 53.7 Å². The third-order valence-corrected chi connectivity index (χ3v) is 7.67. The fraction of sp³-hybridized carbons (Fsp3) is 0.171. The molecule has 0 aliphatic carbocycles. The second-order valence-corrected chi connectivity index (χ2v) is 11.7. The molecule has 0 aliphatic rings. The van der Waals surface area contributed by atoms with Crippen molar-refractivity contribution in [2.45, 2.75) is 43.8 Å². The summed E-state index contributed by atoms with van der Waals surface area (Å²) in [7, 11) is 0. The fourth-order valence-corrected chi connectivity index (χ4v) is 4.91. The van der Waals surface area contributed by atoms with Crippen LogP contribution in [0.15, 0.2) is 114 Å². The Morgan fingerprint density at radius 3 is 1.93 bits per heavy atom.